The third-order valence-electron chi connectivity index (χ3n) is 1.36. The van der Waals surface area contributed by atoms with E-state index in [1.54, 1.807) is 0 Å². The highest BCUT2D eigenvalue weighted by Crippen LogP contribution is 2.15. The van der Waals surface area contributed by atoms with Gasteiger partial charge in [0.15, 0.2) is 0 Å². The Kier molecular flexibility index (Phi) is 3.12. The molecule has 0 aliphatic heterocycles. The predicted molar refractivity (Wildman–Crippen MR) is 48.1 cm³/mol. The first kappa shape index (κ1) is 9.55. The Morgan fingerprint density at radius 1 is 1.50 bits per heavy atom. The minimum atomic E-state index is -0.760. The molecule has 1 rings (SSSR count). The van der Waals surface area contributed by atoms with Crippen LogP contribution in [0.2, 0.25) is 5.02 Å². The number of hydrogen-bond donors (Lipinski definition) is 0. The van der Waals surface area contributed by atoms with Crippen LogP contribution >= 0.6 is 23.2 Å². The number of rotatable bonds is 2. The molecule has 0 fully saturated rings. The molecule has 0 saturated heterocycles. The molecular formula is C7H3BCl2FO. The third kappa shape index (κ3) is 1.79. The van der Waals surface area contributed by atoms with Gasteiger partial charge in [0.05, 0.1) is 5.02 Å². The van der Waals surface area contributed by atoms with Crippen LogP contribution in [0.1, 0.15) is 10.4 Å². The van der Waals surface area contributed by atoms with Crippen LogP contribution < -0.4 is 5.46 Å². The normalized spacial score (nSPS) is 9.58. The molecule has 0 aromatic heterocycles. The van der Waals surface area contributed by atoms with Crippen LogP contribution in [-0.4, -0.2) is 12.8 Å². The highest BCUT2D eigenvalue weighted by atomic mass is 35.5. The molecule has 1 aromatic carbocycles. The Morgan fingerprint density at radius 3 is 2.58 bits per heavy atom. The summed E-state index contributed by atoms with van der Waals surface area (Å²) >= 11 is 10.8. The zero-order valence-corrected chi connectivity index (χ0v) is 7.36. The zero-order chi connectivity index (χ0) is 9.14. The van der Waals surface area contributed by atoms with Crippen molar-refractivity contribution in [2.24, 2.45) is 0 Å². The lowest BCUT2D eigenvalue weighted by molar-refractivity contribution is 0.108. The number of hydrogen-bond acceptors (Lipinski definition) is 1. The van der Waals surface area contributed by atoms with E-state index in [1.165, 1.54) is 18.2 Å². The van der Waals surface area contributed by atoms with Crippen LogP contribution in [0.15, 0.2) is 18.2 Å². The molecule has 1 nitrogen and oxygen atoms in total. The van der Waals surface area contributed by atoms with Gasteiger partial charge in [-0.2, -0.15) is 0 Å². The minimum Gasteiger partial charge on any atom is -0.335 e. The third-order valence-corrected chi connectivity index (χ3v) is 1.86. The summed E-state index contributed by atoms with van der Waals surface area (Å²) in [6.45, 7) is 0. The molecule has 0 aliphatic carbocycles. The second kappa shape index (κ2) is 3.92. The highest BCUT2D eigenvalue weighted by molar-refractivity contribution is 6.71. The summed E-state index contributed by atoms with van der Waals surface area (Å²) in [5.74, 6) is 0. The molecule has 61 valence electrons. The fourth-order valence-corrected chi connectivity index (χ4v) is 1.37. The van der Waals surface area contributed by atoms with Crippen molar-refractivity contribution in [3.05, 3.63) is 28.8 Å². The standard InChI is InChI=1S/C7H3BCl2FO/c9-5-3-1-2-4(8-11)6(5)7(10)12/h1-3H. The van der Waals surface area contributed by atoms with Gasteiger partial charge in [-0.05, 0) is 23.1 Å². The minimum absolute atomic E-state index is 0.00309. The first-order valence-corrected chi connectivity index (χ1v) is 3.84. The van der Waals surface area contributed by atoms with Gasteiger partial charge in [0, 0.05) is 5.56 Å². The van der Waals surface area contributed by atoms with Gasteiger partial charge >= 0.3 is 7.56 Å². The van der Waals surface area contributed by atoms with E-state index in [-0.39, 0.29) is 16.0 Å². The molecular weight excluding hydrogens is 201 g/mol. The maximum absolute atomic E-state index is 12.1. The van der Waals surface area contributed by atoms with E-state index < -0.39 is 5.24 Å². The molecule has 1 radical (unpaired) electrons. The molecule has 0 atom stereocenters. The van der Waals surface area contributed by atoms with Crippen LogP contribution in [-0.2, 0) is 0 Å². The molecule has 0 unspecified atom stereocenters. The summed E-state index contributed by atoms with van der Waals surface area (Å²) in [6.07, 6.45) is 0. The van der Waals surface area contributed by atoms with Crippen molar-refractivity contribution < 1.29 is 9.11 Å². The Bertz CT molecular complexity index is 316. The van der Waals surface area contributed by atoms with E-state index in [1.807, 2.05) is 0 Å². The number of halogens is 3. The van der Waals surface area contributed by atoms with Crippen molar-refractivity contribution in [3.63, 3.8) is 0 Å². The SMILES string of the molecule is O=C(Cl)c1c(Cl)cccc1[B]F. The molecule has 0 aliphatic rings. The van der Waals surface area contributed by atoms with E-state index in [4.69, 9.17) is 23.2 Å². The molecule has 0 heterocycles. The maximum atomic E-state index is 12.1. The summed E-state index contributed by atoms with van der Waals surface area (Å²) in [5.41, 5.74) is 0.103. The van der Waals surface area contributed by atoms with Crippen LogP contribution in [0.5, 0.6) is 0 Å². The first-order valence-electron chi connectivity index (χ1n) is 3.08. The van der Waals surface area contributed by atoms with Crippen LogP contribution in [0.4, 0.5) is 4.32 Å². The fraction of sp³-hybridized carbons (Fsp3) is 0. The second-order valence-corrected chi connectivity index (χ2v) is 2.84. The van der Waals surface area contributed by atoms with E-state index in [2.05, 4.69) is 0 Å². The van der Waals surface area contributed by atoms with E-state index >= 15 is 0 Å². The van der Waals surface area contributed by atoms with Gasteiger partial charge in [0.25, 0.3) is 5.24 Å². The molecule has 0 spiro atoms. The predicted octanol–water partition coefficient (Wildman–Crippen LogP) is 1.93. The molecule has 1 aromatic rings. The molecule has 0 N–H and O–H groups in total. The van der Waals surface area contributed by atoms with Gasteiger partial charge in [0.2, 0.25) is 0 Å². The van der Waals surface area contributed by atoms with Crippen molar-refractivity contribution >= 4 is 41.5 Å². The lowest BCUT2D eigenvalue weighted by Gasteiger charge is -2.01. The largest absolute Gasteiger partial charge is 0.392 e. The summed E-state index contributed by atoms with van der Waals surface area (Å²) in [4.78, 5) is 10.7. The Morgan fingerprint density at radius 2 is 2.17 bits per heavy atom. The monoisotopic (exact) mass is 203 g/mol. The molecule has 12 heavy (non-hydrogen) atoms. The Labute approximate surface area is 79.8 Å². The van der Waals surface area contributed by atoms with Gasteiger partial charge in [-0.1, -0.05) is 23.7 Å². The lowest BCUT2D eigenvalue weighted by Crippen LogP contribution is -2.18. The van der Waals surface area contributed by atoms with Crippen LogP contribution in [0.3, 0.4) is 0 Å². The average molecular weight is 204 g/mol. The molecule has 0 saturated carbocycles. The summed E-state index contributed by atoms with van der Waals surface area (Å²) in [6, 6.07) is 4.43. The zero-order valence-electron chi connectivity index (χ0n) is 5.85. The van der Waals surface area contributed by atoms with Crippen molar-refractivity contribution in [3.8, 4) is 0 Å². The highest BCUT2D eigenvalue weighted by Gasteiger charge is 2.13. The van der Waals surface area contributed by atoms with Crippen molar-refractivity contribution in [1.82, 2.24) is 0 Å². The van der Waals surface area contributed by atoms with Gasteiger partial charge in [-0.3, -0.25) is 4.79 Å². The van der Waals surface area contributed by atoms with E-state index in [0.717, 1.165) is 0 Å². The molecule has 0 amide bonds. The smallest absolute Gasteiger partial charge is 0.335 e. The van der Waals surface area contributed by atoms with Crippen molar-refractivity contribution in [2.45, 2.75) is 0 Å². The number of carbonyl (C=O) groups excluding carboxylic acids is 1. The van der Waals surface area contributed by atoms with Gasteiger partial charge in [0.1, 0.15) is 0 Å². The maximum Gasteiger partial charge on any atom is 0.392 e. The molecule has 0 bridgehead atoms. The Hall–Kier alpha value is -0.535. The van der Waals surface area contributed by atoms with Crippen LogP contribution in [0.25, 0.3) is 0 Å². The number of carbonyl (C=O) groups is 1. The van der Waals surface area contributed by atoms with Crippen molar-refractivity contribution in [1.29, 1.82) is 0 Å². The van der Waals surface area contributed by atoms with Crippen LogP contribution in [0, 0.1) is 0 Å². The Balaban J connectivity index is 3.29. The molecule has 5 heteroatoms. The van der Waals surface area contributed by atoms with Gasteiger partial charge in [-0.15, -0.1) is 0 Å². The summed E-state index contributed by atoms with van der Waals surface area (Å²) in [5, 5.41) is -0.606. The topological polar surface area (TPSA) is 17.1 Å². The summed E-state index contributed by atoms with van der Waals surface area (Å²) < 4.78 is 12.1. The summed E-state index contributed by atoms with van der Waals surface area (Å²) in [7, 11) is 0.293. The van der Waals surface area contributed by atoms with E-state index in [0.29, 0.717) is 7.56 Å². The first-order chi connectivity index (χ1) is 5.66. The number of benzene rings is 1. The second-order valence-electron chi connectivity index (χ2n) is 2.09. The quantitative estimate of drug-likeness (QED) is 0.531. The fourth-order valence-electron chi connectivity index (χ4n) is 0.839. The van der Waals surface area contributed by atoms with E-state index in [9.17, 15) is 9.11 Å². The van der Waals surface area contributed by atoms with Crippen molar-refractivity contribution in [2.75, 3.05) is 0 Å². The van der Waals surface area contributed by atoms with Gasteiger partial charge < -0.3 is 4.32 Å². The van der Waals surface area contributed by atoms with Gasteiger partial charge in [-0.25, -0.2) is 0 Å². The average Bonchev–Trinajstić information content (AvgIpc) is 2.03. The lowest BCUT2D eigenvalue weighted by atomic mass is 9.87.